The van der Waals surface area contributed by atoms with Crippen LogP contribution in [0.3, 0.4) is 0 Å². The van der Waals surface area contributed by atoms with E-state index in [2.05, 4.69) is 17.2 Å². The second-order valence-corrected chi connectivity index (χ2v) is 9.56. The van der Waals surface area contributed by atoms with Gasteiger partial charge < -0.3 is 24.4 Å². The molecule has 0 aliphatic carbocycles. The van der Waals surface area contributed by atoms with Gasteiger partial charge in [0.15, 0.2) is 6.61 Å². The molecule has 11 heteroatoms. The molecule has 4 rings (SSSR count). The number of benzene rings is 1. The van der Waals surface area contributed by atoms with Gasteiger partial charge in [0.1, 0.15) is 11.8 Å². The highest BCUT2D eigenvalue weighted by Crippen LogP contribution is 2.37. The monoisotopic (exact) mass is 515 g/mol. The van der Waals surface area contributed by atoms with Crippen LogP contribution in [0.15, 0.2) is 40.7 Å². The molecular formula is C25H33N5O5S. The molecule has 1 saturated heterocycles. The van der Waals surface area contributed by atoms with Crippen molar-refractivity contribution in [3.63, 3.8) is 0 Å². The van der Waals surface area contributed by atoms with Crippen LogP contribution in [-0.4, -0.2) is 76.8 Å². The number of carbonyl (C=O) groups excluding carboxylic acids is 2. The first-order chi connectivity index (χ1) is 17.5. The molecule has 0 bridgehead atoms. The minimum atomic E-state index is -0.502. The Morgan fingerprint density at radius 1 is 1.19 bits per heavy atom. The fourth-order valence-corrected chi connectivity index (χ4v) is 4.99. The third-order valence-corrected chi connectivity index (χ3v) is 6.90. The number of morpholine rings is 1. The van der Waals surface area contributed by atoms with Crippen molar-refractivity contribution in [2.24, 2.45) is 0 Å². The van der Waals surface area contributed by atoms with Crippen molar-refractivity contribution in [1.29, 1.82) is 0 Å². The first-order valence-electron chi connectivity index (χ1n) is 12.3. The van der Waals surface area contributed by atoms with E-state index < -0.39 is 12.0 Å². The highest BCUT2D eigenvalue weighted by atomic mass is 32.2. The molecule has 1 N–H and O–H groups in total. The quantitative estimate of drug-likeness (QED) is 0.290. The minimum Gasteiger partial charge on any atom is -0.484 e. The van der Waals surface area contributed by atoms with Gasteiger partial charge in [0.2, 0.25) is 11.1 Å². The number of unbranched alkanes of at least 4 members (excludes halogenated alkanes) is 1. The predicted molar refractivity (Wildman–Crippen MR) is 136 cm³/mol. The van der Waals surface area contributed by atoms with Crippen LogP contribution in [0, 0.1) is 0 Å². The molecule has 36 heavy (non-hydrogen) atoms. The number of allylic oxidation sites excluding steroid dienone is 1. The maximum absolute atomic E-state index is 13.0. The van der Waals surface area contributed by atoms with Crippen molar-refractivity contribution in [3.8, 4) is 5.75 Å². The van der Waals surface area contributed by atoms with E-state index in [9.17, 15) is 9.59 Å². The lowest BCUT2D eigenvalue weighted by Crippen LogP contribution is -2.42. The molecule has 1 amide bonds. The Hall–Kier alpha value is -3.05. The van der Waals surface area contributed by atoms with E-state index in [1.807, 2.05) is 19.1 Å². The summed E-state index contributed by atoms with van der Waals surface area (Å²) in [5.41, 5.74) is 2.00. The highest BCUT2D eigenvalue weighted by molar-refractivity contribution is 7.99. The number of nitrogens with zero attached hydrogens (tertiary/aromatic N) is 4. The van der Waals surface area contributed by atoms with Gasteiger partial charge in [-0.25, -0.2) is 9.48 Å². The normalized spacial score (nSPS) is 17.4. The van der Waals surface area contributed by atoms with Crippen LogP contribution in [0.4, 0.5) is 5.95 Å². The number of ether oxygens (including phenoxy) is 3. The van der Waals surface area contributed by atoms with Gasteiger partial charge in [0.05, 0.1) is 25.4 Å². The van der Waals surface area contributed by atoms with E-state index in [0.717, 1.165) is 24.2 Å². The summed E-state index contributed by atoms with van der Waals surface area (Å²) in [6.07, 6.45) is 2.17. The number of anilines is 1. The molecular weight excluding hydrogens is 482 g/mol. The van der Waals surface area contributed by atoms with E-state index in [4.69, 9.17) is 19.3 Å². The summed E-state index contributed by atoms with van der Waals surface area (Å²) in [6.45, 7) is 8.28. The van der Waals surface area contributed by atoms with Crippen LogP contribution >= 0.6 is 11.8 Å². The Kier molecular flexibility index (Phi) is 8.87. The summed E-state index contributed by atoms with van der Waals surface area (Å²) in [5, 5.41) is 8.59. The van der Waals surface area contributed by atoms with Crippen molar-refractivity contribution >= 4 is 29.6 Å². The lowest BCUT2D eigenvalue weighted by atomic mass is 9.96. The molecule has 0 saturated carbocycles. The summed E-state index contributed by atoms with van der Waals surface area (Å²) < 4.78 is 18.1. The van der Waals surface area contributed by atoms with Crippen LogP contribution in [0.1, 0.15) is 45.2 Å². The van der Waals surface area contributed by atoms with Gasteiger partial charge in [-0.2, -0.15) is 4.98 Å². The molecule has 0 spiro atoms. The third kappa shape index (κ3) is 6.01. The van der Waals surface area contributed by atoms with Gasteiger partial charge in [-0.3, -0.25) is 4.79 Å². The van der Waals surface area contributed by atoms with Crippen LogP contribution in [0.25, 0.3) is 0 Å². The Labute approximate surface area is 215 Å². The maximum Gasteiger partial charge on any atom is 0.338 e. The second kappa shape index (κ2) is 12.3. The van der Waals surface area contributed by atoms with Crippen LogP contribution in [-0.2, 0) is 19.1 Å². The lowest BCUT2D eigenvalue weighted by Gasteiger charge is -2.28. The number of hydrogen-bond acceptors (Lipinski definition) is 9. The maximum atomic E-state index is 13.0. The number of thioether (sulfide) groups is 1. The fraction of sp³-hybridized carbons (Fsp3) is 0.520. The molecule has 1 atom stereocenters. The zero-order chi connectivity index (χ0) is 25.5. The average molecular weight is 516 g/mol. The Balaban J connectivity index is 1.55. The molecule has 2 aliphatic heterocycles. The minimum absolute atomic E-state index is 0.0364. The van der Waals surface area contributed by atoms with E-state index in [1.165, 1.54) is 0 Å². The van der Waals surface area contributed by atoms with E-state index in [-0.39, 0.29) is 19.1 Å². The number of hydrogen-bond donors (Lipinski definition) is 1. The molecule has 1 aromatic carbocycles. The van der Waals surface area contributed by atoms with Gasteiger partial charge in [-0.05, 0) is 38.0 Å². The zero-order valence-corrected chi connectivity index (χ0v) is 21.8. The molecule has 0 radical (unpaired) electrons. The molecule has 2 aliphatic rings. The predicted octanol–water partition coefficient (Wildman–Crippen LogP) is 3.26. The number of fused-ring (bicyclic) bond motifs is 1. The van der Waals surface area contributed by atoms with Crippen molar-refractivity contribution < 1.29 is 23.8 Å². The second-order valence-electron chi connectivity index (χ2n) is 8.50. The van der Waals surface area contributed by atoms with Gasteiger partial charge in [-0.1, -0.05) is 37.2 Å². The standard InChI is InChI=1S/C25H33N5O5S/c1-4-6-15-36-25-27-24-26-17(3)21(23(32)34-5-2)22(30(24)28-25)18-7-9-19(10-8-18)35-16-20(31)29-11-13-33-14-12-29/h7-10,22H,4-6,11-16H2,1-3H3,(H,26,27,28). The molecule has 10 nitrogen and oxygen atoms in total. The molecule has 1 fully saturated rings. The van der Waals surface area contributed by atoms with E-state index in [0.29, 0.717) is 54.4 Å². The van der Waals surface area contributed by atoms with Gasteiger partial charge in [-0.15, -0.1) is 5.10 Å². The average Bonchev–Trinajstić information content (AvgIpc) is 3.29. The number of amides is 1. The molecule has 1 aromatic heterocycles. The smallest absolute Gasteiger partial charge is 0.338 e. The number of carbonyl (C=O) groups is 2. The van der Waals surface area contributed by atoms with Crippen LogP contribution in [0.5, 0.6) is 5.75 Å². The van der Waals surface area contributed by atoms with E-state index in [1.54, 1.807) is 40.4 Å². The van der Waals surface area contributed by atoms with Gasteiger partial charge in [0, 0.05) is 24.5 Å². The largest absolute Gasteiger partial charge is 0.484 e. The first-order valence-corrected chi connectivity index (χ1v) is 13.3. The number of nitrogens with one attached hydrogen (secondary N) is 1. The SMILES string of the molecule is CCCCSc1nc2n(n1)C(c1ccc(OCC(=O)N3CCOCC3)cc1)C(C(=O)OCC)=C(C)N2. The molecule has 1 unspecified atom stereocenters. The number of aromatic nitrogens is 3. The summed E-state index contributed by atoms with van der Waals surface area (Å²) in [5.74, 6) is 1.62. The summed E-state index contributed by atoms with van der Waals surface area (Å²) in [4.78, 5) is 31.7. The molecule has 2 aromatic rings. The van der Waals surface area contributed by atoms with Crippen LogP contribution < -0.4 is 10.1 Å². The number of rotatable bonds is 10. The highest BCUT2D eigenvalue weighted by Gasteiger charge is 2.35. The summed E-state index contributed by atoms with van der Waals surface area (Å²) in [6, 6.07) is 6.86. The molecule has 194 valence electrons. The first kappa shape index (κ1) is 26.0. The Morgan fingerprint density at radius 3 is 2.64 bits per heavy atom. The summed E-state index contributed by atoms with van der Waals surface area (Å²) >= 11 is 1.60. The zero-order valence-electron chi connectivity index (χ0n) is 21.0. The van der Waals surface area contributed by atoms with E-state index >= 15 is 0 Å². The number of esters is 1. The van der Waals surface area contributed by atoms with Crippen molar-refractivity contribution in [2.45, 2.75) is 44.8 Å². The van der Waals surface area contributed by atoms with Gasteiger partial charge in [0.25, 0.3) is 5.91 Å². The lowest BCUT2D eigenvalue weighted by molar-refractivity contribution is -0.139. The van der Waals surface area contributed by atoms with Crippen molar-refractivity contribution in [2.75, 3.05) is 50.6 Å². The van der Waals surface area contributed by atoms with Crippen molar-refractivity contribution in [3.05, 3.63) is 41.1 Å². The van der Waals surface area contributed by atoms with Gasteiger partial charge >= 0.3 is 5.97 Å². The topological polar surface area (TPSA) is 108 Å². The Bertz CT molecular complexity index is 1090. The summed E-state index contributed by atoms with van der Waals surface area (Å²) in [7, 11) is 0. The third-order valence-electron chi connectivity index (χ3n) is 5.98. The fourth-order valence-electron chi connectivity index (χ4n) is 4.08. The van der Waals surface area contributed by atoms with Crippen molar-refractivity contribution in [1.82, 2.24) is 19.7 Å². The molecule has 3 heterocycles. The Morgan fingerprint density at radius 2 is 1.94 bits per heavy atom. The van der Waals surface area contributed by atoms with Crippen LogP contribution in [0.2, 0.25) is 0 Å².